The van der Waals surface area contributed by atoms with Crippen LogP contribution in [0.25, 0.3) is 0 Å². The second kappa shape index (κ2) is 8.95. The molecule has 0 saturated carbocycles. The zero-order chi connectivity index (χ0) is 21.1. The summed E-state index contributed by atoms with van der Waals surface area (Å²) in [5.41, 5.74) is 0.412. The SMILES string of the molecule is O=C(Nc1ccc(O[C@@H]2O[C@H](CO)[C@@H](O)[C@H](O)[C@H]2O)cc1)c1cc(Cl)ccc1O. The van der Waals surface area contributed by atoms with Crippen LogP contribution in [-0.2, 0) is 4.74 Å². The first-order valence-electron chi connectivity index (χ1n) is 8.67. The van der Waals surface area contributed by atoms with E-state index in [1.807, 2.05) is 0 Å². The lowest BCUT2D eigenvalue weighted by atomic mass is 9.99. The highest BCUT2D eigenvalue weighted by molar-refractivity contribution is 6.31. The third-order valence-electron chi connectivity index (χ3n) is 4.42. The van der Waals surface area contributed by atoms with Gasteiger partial charge in [-0.3, -0.25) is 4.79 Å². The molecule has 1 aliphatic rings. The van der Waals surface area contributed by atoms with Crippen LogP contribution in [0.2, 0.25) is 5.02 Å². The normalized spacial score (nSPS) is 26.7. The molecule has 0 radical (unpaired) electrons. The summed E-state index contributed by atoms with van der Waals surface area (Å²) in [5, 5.41) is 51.4. The summed E-state index contributed by atoms with van der Waals surface area (Å²) in [6.07, 6.45) is -6.94. The number of anilines is 1. The highest BCUT2D eigenvalue weighted by Crippen LogP contribution is 2.26. The van der Waals surface area contributed by atoms with Gasteiger partial charge in [0.25, 0.3) is 5.91 Å². The number of carbonyl (C=O) groups is 1. The van der Waals surface area contributed by atoms with Gasteiger partial charge in [-0.05, 0) is 42.5 Å². The summed E-state index contributed by atoms with van der Waals surface area (Å²) < 4.78 is 10.7. The van der Waals surface area contributed by atoms with Crippen molar-refractivity contribution >= 4 is 23.2 Å². The predicted molar refractivity (Wildman–Crippen MR) is 102 cm³/mol. The predicted octanol–water partition coefficient (Wildman–Crippen LogP) is 0.477. The number of aliphatic hydroxyl groups is 4. The van der Waals surface area contributed by atoms with Crippen molar-refractivity contribution in [1.82, 2.24) is 0 Å². The molecule has 1 amide bonds. The smallest absolute Gasteiger partial charge is 0.259 e. The van der Waals surface area contributed by atoms with Crippen LogP contribution in [0.5, 0.6) is 11.5 Å². The summed E-state index contributed by atoms with van der Waals surface area (Å²) in [5.74, 6) is -0.528. The maximum absolute atomic E-state index is 12.3. The summed E-state index contributed by atoms with van der Waals surface area (Å²) >= 11 is 5.84. The number of phenolic OH excluding ortho intramolecular Hbond substituents is 1. The van der Waals surface area contributed by atoms with E-state index < -0.39 is 43.2 Å². The summed E-state index contributed by atoms with van der Waals surface area (Å²) in [4.78, 5) is 12.3. The summed E-state index contributed by atoms with van der Waals surface area (Å²) in [7, 11) is 0. The minimum atomic E-state index is -1.55. The topological polar surface area (TPSA) is 149 Å². The van der Waals surface area contributed by atoms with Crippen molar-refractivity contribution in [3.63, 3.8) is 0 Å². The monoisotopic (exact) mass is 425 g/mol. The first-order valence-corrected chi connectivity index (χ1v) is 9.05. The molecule has 2 aromatic carbocycles. The van der Waals surface area contributed by atoms with E-state index in [0.29, 0.717) is 10.7 Å². The van der Waals surface area contributed by atoms with E-state index in [-0.39, 0.29) is 17.1 Å². The Morgan fingerprint density at radius 2 is 1.76 bits per heavy atom. The fourth-order valence-corrected chi connectivity index (χ4v) is 2.98. The molecule has 0 spiro atoms. The van der Waals surface area contributed by atoms with E-state index in [9.17, 15) is 30.3 Å². The Morgan fingerprint density at radius 3 is 2.41 bits per heavy atom. The molecule has 0 bridgehead atoms. The van der Waals surface area contributed by atoms with Crippen LogP contribution in [0, 0.1) is 0 Å². The lowest BCUT2D eigenvalue weighted by Crippen LogP contribution is -2.60. The van der Waals surface area contributed by atoms with E-state index >= 15 is 0 Å². The van der Waals surface area contributed by atoms with Crippen LogP contribution in [0.3, 0.4) is 0 Å². The van der Waals surface area contributed by atoms with Gasteiger partial charge in [-0.2, -0.15) is 0 Å². The van der Waals surface area contributed by atoms with Gasteiger partial charge < -0.3 is 40.3 Å². The second-order valence-corrected chi connectivity index (χ2v) is 6.89. The number of carbonyl (C=O) groups excluding carboxylic acids is 1. The first kappa shape index (κ1) is 21.3. The lowest BCUT2D eigenvalue weighted by Gasteiger charge is -2.39. The Bertz CT molecular complexity index is 860. The molecule has 0 aliphatic carbocycles. The quantitative estimate of drug-likeness (QED) is 0.405. The standard InChI is InChI=1S/C19H20ClNO8/c20-9-1-6-13(23)12(7-9)18(27)21-10-2-4-11(5-3-10)28-19-17(26)16(25)15(24)14(8-22)29-19/h1-7,14-17,19,22-26H,8H2,(H,21,27)/t14-,15-,16+,17-,19-/m1/s1. The van der Waals surface area contributed by atoms with Crippen LogP contribution in [0.4, 0.5) is 5.69 Å². The number of amides is 1. The van der Waals surface area contributed by atoms with E-state index in [1.54, 1.807) is 0 Å². The number of benzene rings is 2. The maximum Gasteiger partial charge on any atom is 0.259 e. The molecule has 29 heavy (non-hydrogen) atoms. The average Bonchev–Trinajstić information content (AvgIpc) is 2.71. The molecule has 0 aromatic heterocycles. The van der Waals surface area contributed by atoms with E-state index in [4.69, 9.17) is 21.1 Å². The molecule has 6 N–H and O–H groups in total. The Hall–Kier alpha value is -2.40. The second-order valence-electron chi connectivity index (χ2n) is 6.46. The summed E-state index contributed by atoms with van der Waals surface area (Å²) in [6, 6.07) is 10.1. The number of ether oxygens (including phenoxy) is 2. The third-order valence-corrected chi connectivity index (χ3v) is 4.65. The Morgan fingerprint density at radius 1 is 1.07 bits per heavy atom. The molecule has 1 fully saturated rings. The van der Waals surface area contributed by atoms with Crippen molar-refractivity contribution in [1.29, 1.82) is 0 Å². The number of halogens is 1. The number of hydrogen-bond acceptors (Lipinski definition) is 8. The Balaban J connectivity index is 1.66. The molecule has 1 aliphatic heterocycles. The third kappa shape index (κ3) is 4.78. The fraction of sp³-hybridized carbons (Fsp3) is 0.316. The van der Waals surface area contributed by atoms with Gasteiger partial charge in [-0.15, -0.1) is 0 Å². The number of aromatic hydroxyl groups is 1. The van der Waals surface area contributed by atoms with Gasteiger partial charge in [-0.1, -0.05) is 11.6 Å². The van der Waals surface area contributed by atoms with Crippen LogP contribution < -0.4 is 10.1 Å². The van der Waals surface area contributed by atoms with E-state index in [0.717, 1.165) is 0 Å². The minimum Gasteiger partial charge on any atom is -0.507 e. The van der Waals surface area contributed by atoms with E-state index in [2.05, 4.69) is 5.32 Å². The number of phenols is 1. The number of aliphatic hydroxyl groups excluding tert-OH is 4. The minimum absolute atomic E-state index is 0.0131. The molecule has 2 aromatic rings. The van der Waals surface area contributed by atoms with Crippen molar-refractivity contribution in [3.8, 4) is 11.5 Å². The number of nitrogens with one attached hydrogen (secondary N) is 1. The highest BCUT2D eigenvalue weighted by atomic mass is 35.5. The van der Waals surface area contributed by atoms with Gasteiger partial charge in [0.15, 0.2) is 0 Å². The molecule has 0 unspecified atom stereocenters. The van der Waals surface area contributed by atoms with Crippen LogP contribution in [-0.4, -0.2) is 68.8 Å². The Kier molecular flexibility index (Phi) is 6.58. The molecule has 5 atom stereocenters. The van der Waals surface area contributed by atoms with Crippen LogP contribution in [0.15, 0.2) is 42.5 Å². The van der Waals surface area contributed by atoms with Crippen molar-refractivity contribution in [2.75, 3.05) is 11.9 Å². The van der Waals surface area contributed by atoms with Gasteiger partial charge in [0.1, 0.15) is 35.9 Å². The average molecular weight is 426 g/mol. The molecule has 156 valence electrons. The molecule has 3 rings (SSSR count). The summed E-state index contributed by atoms with van der Waals surface area (Å²) in [6.45, 7) is -0.563. The van der Waals surface area contributed by atoms with Crippen molar-refractivity contribution in [3.05, 3.63) is 53.1 Å². The van der Waals surface area contributed by atoms with Gasteiger partial charge in [0.2, 0.25) is 6.29 Å². The lowest BCUT2D eigenvalue weighted by molar-refractivity contribution is -0.277. The highest BCUT2D eigenvalue weighted by Gasteiger charge is 2.44. The van der Waals surface area contributed by atoms with Crippen LogP contribution >= 0.6 is 11.6 Å². The van der Waals surface area contributed by atoms with Gasteiger partial charge in [0, 0.05) is 10.7 Å². The fourth-order valence-electron chi connectivity index (χ4n) is 2.80. The molecule has 1 saturated heterocycles. The van der Waals surface area contributed by atoms with Crippen molar-refractivity contribution < 1.29 is 39.8 Å². The van der Waals surface area contributed by atoms with Gasteiger partial charge in [0.05, 0.1) is 12.2 Å². The first-order chi connectivity index (χ1) is 13.8. The molecule has 1 heterocycles. The molecular formula is C19H20ClNO8. The van der Waals surface area contributed by atoms with Gasteiger partial charge in [-0.25, -0.2) is 0 Å². The largest absolute Gasteiger partial charge is 0.507 e. The molecular weight excluding hydrogens is 406 g/mol. The van der Waals surface area contributed by atoms with E-state index in [1.165, 1.54) is 42.5 Å². The zero-order valence-electron chi connectivity index (χ0n) is 15.0. The molecule has 9 nitrogen and oxygen atoms in total. The maximum atomic E-state index is 12.3. The zero-order valence-corrected chi connectivity index (χ0v) is 15.7. The van der Waals surface area contributed by atoms with Gasteiger partial charge >= 0.3 is 0 Å². The van der Waals surface area contributed by atoms with Crippen LogP contribution in [0.1, 0.15) is 10.4 Å². The van der Waals surface area contributed by atoms with Crippen molar-refractivity contribution in [2.24, 2.45) is 0 Å². The number of rotatable bonds is 5. The molecule has 10 heteroatoms. The van der Waals surface area contributed by atoms with Crippen molar-refractivity contribution in [2.45, 2.75) is 30.7 Å². The Labute approximate surface area is 170 Å². The number of hydrogen-bond donors (Lipinski definition) is 6.